The molecule has 6 nitrogen and oxygen atoms in total. The lowest BCUT2D eigenvalue weighted by atomic mass is 10.0. The molecule has 25 heavy (non-hydrogen) atoms. The number of benzene rings is 1. The van der Waals surface area contributed by atoms with Crippen molar-refractivity contribution >= 4 is 5.91 Å². The number of nitrogens with zero attached hydrogens (tertiary/aromatic N) is 3. The number of rotatable bonds is 4. The Morgan fingerprint density at radius 1 is 1.32 bits per heavy atom. The molecule has 0 saturated heterocycles. The molecule has 0 radical (unpaired) electrons. The minimum absolute atomic E-state index is 0.0281. The standard InChI is InChI=1S/C16H18F3N5O/c17-16(18,19)11-5-1-2-7-14(11)24-9-13(22-23-24)15(25)21-12-6-3-4-10(12)8-20/h1-2,5,7,9-10,12H,3-4,6,8,20H2,(H,21,25). The van der Waals surface area contributed by atoms with E-state index in [0.717, 1.165) is 30.0 Å². The second kappa shape index (κ2) is 6.83. The molecule has 134 valence electrons. The lowest BCUT2D eigenvalue weighted by Crippen LogP contribution is -2.40. The molecule has 3 rings (SSSR count). The highest BCUT2D eigenvalue weighted by molar-refractivity contribution is 5.92. The Hall–Kier alpha value is -2.42. The maximum Gasteiger partial charge on any atom is 0.418 e. The number of amides is 1. The summed E-state index contributed by atoms with van der Waals surface area (Å²) >= 11 is 0. The number of nitrogens with two attached hydrogens (primary N) is 1. The van der Waals surface area contributed by atoms with E-state index in [4.69, 9.17) is 5.73 Å². The largest absolute Gasteiger partial charge is 0.418 e. The van der Waals surface area contributed by atoms with E-state index in [1.807, 2.05) is 0 Å². The summed E-state index contributed by atoms with van der Waals surface area (Å²) in [5.74, 6) is -0.244. The van der Waals surface area contributed by atoms with Crippen molar-refractivity contribution in [2.45, 2.75) is 31.5 Å². The second-order valence-corrected chi connectivity index (χ2v) is 6.07. The maximum absolute atomic E-state index is 13.1. The molecule has 1 aliphatic carbocycles. The van der Waals surface area contributed by atoms with Gasteiger partial charge in [0.1, 0.15) is 0 Å². The van der Waals surface area contributed by atoms with Crippen LogP contribution in [-0.2, 0) is 6.18 Å². The molecular formula is C16H18F3N5O. The molecule has 9 heteroatoms. The van der Waals surface area contributed by atoms with Crippen molar-refractivity contribution < 1.29 is 18.0 Å². The third-order valence-electron chi connectivity index (χ3n) is 4.46. The van der Waals surface area contributed by atoms with E-state index >= 15 is 0 Å². The quantitative estimate of drug-likeness (QED) is 0.882. The van der Waals surface area contributed by atoms with E-state index < -0.39 is 17.6 Å². The van der Waals surface area contributed by atoms with Crippen LogP contribution >= 0.6 is 0 Å². The molecule has 2 atom stereocenters. The summed E-state index contributed by atoms with van der Waals surface area (Å²) in [7, 11) is 0. The number of aromatic nitrogens is 3. The van der Waals surface area contributed by atoms with Crippen molar-refractivity contribution in [1.29, 1.82) is 0 Å². The fraction of sp³-hybridized carbons (Fsp3) is 0.438. The van der Waals surface area contributed by atoms with Gasteiger partial charge in [-0.15, -0.1) is 5.10 Å². The third-order valence-corrected chi connectivity index (χ3v) is 4.46. The van der Waals surface area contributed by atoms with Crippen molar-refractivity contribution in [2.24, 2.45) is 11.7 Å². The predicted octanol–water partition coefficient (Wildman–Crippen LogP) is 2.14. The molecule has 1 aromatic heterocycles. The molecule has 3 N–H and O–H groups in total. The lowest BCUT2D eigenvalue weighted by molar-refractivity contribution is -0.137. The van der Waals surface area contributed by atoms with Gasteiger partial charge in [-0.2, -0.15) is 13.2 Å². The van der Waals surface area contributed by atoms with Crippen LogP contribution in [0.5, 0.6) is 0 Å². The van der Waals surface area contributed by atoms with E-state index in [0.29, 0.717) is 6.54 Å². The Bertz CT molecular complexity index is 758. The highest BCUT2D eigenvalue weighted by Gasteiger charge is 2.34. The van der Waals surface area contributed by atoms with Gasteiger partial charge in [-0.25, -0.2) is 4.68 Å². The van der Waals surface area contributed by atoms with Gasteiger partial charge >= 0.3 is 6.18 Å². The Morgan fingerprint density at radius 3 is 2.80 bits per heavy atom. The average Bonchev–Trinajstić information content (AvgIpc) is 3.23. The number of para-hydroxylation sites is 1. The highest BCUT2D eigenvalue weighted by Crippen LogP contribution is 2.33. The topological polar surface area (TPSA) is 85.8 Å². The monoisotopic (exact) mass is 353 g/mol. The molecule has 1 aliphatic rings. The van der Waals surface area contributed by atoms with Gasteiger partial charge in [0, 0.05) is 6.04 Å². The first-order valence-electron chi connectivity index (χ1n) is 8.00. The van der Waals surface area contributed by atoms with Crippen LogP contribution in [0, 0.1) is 5.92 Å². The van der Waals surface area contributed by atoms with Crippen LogP contribution in [-0.4, -0.2) is 33.5 Å². The zero-order chi connectivity index (χ0) is 18.0. The zero-order valence-corrected chi connectivity index (χ0v) is 13.3. The van der Waals surface area contributed by atoms with Crippen molar-refractivity contribution in [3.63, 3.8) is 0 Å². The minimum atomic E-state index is -4.52. The molecule has 2 aromatic rings. The summed E-state index contributed by atoms with van der Waals surface area (Å²) in [6, 6.07) is 4.97. The number of hydrogen-bond acceptors (Lipinski definition) is 4. The van der Waals surface area contributed by atoms with E-state index in [9.17, 15) is 18.0 Å². The van der Waals surface area contributed by atoms with Gasteiger partial charge in [-0.1, -0.05) is 23.8 Å². The molecule has 1 aromatic carbocycles. The number of alkyl halides is 3. The van der Waals surface area contributed by atoms with Crippen molar-refractivity contribution in [3.05, 3.63) is 41.7 Å². The first kappa shape index (κ1) is 17.4. The number of hydrogen-bond donors (Lipinski definition) is 2. The second-order valence-electron chi connectivity index (χ2n) is 6.07. The van der Waals surface area contributed by atoms with Crippen molar-refractivity contribution in [1.82, 2.24) is 20.3 Å². The van der Waals surface area contributed by atoms with Crippen LogP contribution < -0.4 is 11.1 Å². The van der Waals surface area contributed by atoms with Crippen LogP contribution in [0.25, 0.3) is 5.69 Å². The summed E-state index contributed by atoms with van der Waals surface area (Å²) < 4.78 is 40.3. The van der Waals surface area contributed by atoms with Gasteiger partial charge in [0.15, 0.2) is 5.69 Å². The first-order valence-corrected chi connectivity index (χ1v) is 8.00. The summed E-state index contributed by atoms with van der Waals surface area (Å²) in [6.07, 6.45) is -0.556. The van der Waals surface area contributed by atoms with Crippen LogP contribution in [0.2, 0.25) is 0 Å². The number of halogens is 3. The molecule has 1 heterocycles. The molecular weight excluding hydrogens is 335 g/mol. The van der Waals surface area contributed by atoms with E-state index in [2.05, 4.69) is 15.6 Å². The molecule has 0 aliphatic heterocycles. The minimum Gasteiger partial charge on any atom is -0.348 e. The lowest BCUT2D eigenvalue weighted by Gasteiger charge is -2.18. The van der Waals surface area contributed by atoms with Crippen molar-refractivity contribution in [3.8, 4) is 5.69 Å². The van der Waals surface area contributed by atoms with Gasteiger partial charge in [-0.3, -0.25) is 4.79 Å². The van der Waals surface area contributed by atoms with Crippen LogP contribution in [0.1, 0.15) is 35.3 Å². The van der Waals surface area contributed by atoms with E-state index in [1.165, 1.54) is 24.4 Å². The Labute approximate surface area is 142 Å². The number of carbonyl (C=O) groups is 1. The number of nitrogens with one attached hydrogen (secondary N) is 1. The Morgan fingerprint density at radius 2 is 2.08 bits per heavy atom. The fourth-order valence-electron chi connectivity index (χ4n) is 3.15. The predicted molar refractivity (Wildman–Crippen MR) is 84.0 cm³/mol. The maximum atomic E-state index is 13.1. The normalized spacial score (nSPS) is 20.6. The van der Waals surface area contributed by atoms with Crippen LogP contribution in [0.3, 0.4) is 0 Å². The molecule has 2 unspecified atom stereocenters. The number of carbonyl (C=O) groups excluding carboxylic acids is 1. The summed E-state index contributed by atoms with van der Waals surface area (Å²) in [6.45, 7) is 0.483. The third kappa shape index (κ3) is 3.65. The van der Waals surface area contributed by atoms with Gasteiger partial charge in [0.25, 0.3) is 5.91 Å². The Kier molecular flexibility index (Phi) is 4.76. The SMILES string of the molecule is NCC1CCCC1NC(=O)c1cn(-c2ccccc2C(F)(F)F)nn1. The molecule has 1 fully saturated rings. The molecule has 1 amide bonds. The van der Waals surface area contributed by atoms with Gasteiger partial charge in [-0.05, 0) is 37.4 Å². The van der Waals surface area contributed by atoms with Crippen LogP contribution in [0.4, 0.5) is 13.2 Å². The molecule has 0 spiro atoms. The summed E-state index contributed by atoms with van der Waals surface area (Å²) in [5.41, 5.74) is 4.64. The zero-order valence-electron chi connectivity index (χ0n) is 13.3. The van der Waals surface area contributed by atoms with Gasteiger partial charge in [0.05, 0.1) is 17.4 Å². The fourth-order valence-corrected chi connectivity index (χ4v) is 3.15. The average molecular weight is 353 g/mol. The molecule has 0 bridgehead atoms. The first-order chi connectivity index (χ1) is 11.9. The Balaban J connectivity index is 1.80. The van der Waals surface area contributed by atoms with E-state index in [-0.39, 0.29) is 23.3 Å². The summed E-state index contributed by atoms with van der Waals surface area (Å²) in [5, 5.41) is 10.2. The molecule has 1 saturated carbocycles. The highest BCUT2D eigenvalue weighted by atomic mass is 19.4. The van der Waals surface area contributed by atoms with Gasteiger partial charge < -0.3 is 11.1 Å². The van der Waals surface area contributed by atoms with Gasteiger partial charge in [0.2, 0.25) is 0 Å². The van der Waals surface area contributed by atoms with E-state index in [1.54, 1.807) is 0 Å². The smallest absolute Gasteiger partial charge is 0.348 e. The van der Waals surface area contributed by atoms with Crippen LogP contribution in [0.15, 0.2) is 30.5 Å². The van der Waals surface area contributed by atoms with Crippen molar-refractivity contribution in [2.75, 3.05) is 6.54 Å². The summed E-state index contributed by atoms with van der Waals surface area (Å²) in [4.78, 5) is 12.3.